The average Bonchev–Trinajstić information content (AvgIpc) is 2.63. The van der Waals surface area contributed by atoms with Gasteiger partial charge in [-0.25, -0.2) is 0 Å². The molecular weight excluding hydrogens is 344 g/mol. The average molecular weight is 387 g/mol. The van der Waals surface area contributed by atoms with Crippen LogP contribution in [0.1, 0.15) is 97.8 Å². The van der Waals surface area contributed by atoms with Crippen LogP contribution < -0.4 is 0 Å². The predicted molar refractivity (Wildman–Crippen MR) is 109 cm³/mol. The zero-order chi connectivity index (χ0) is 20.3. The van der Waals surface area contributed by atoms with Gasteiger partial charge in [-0.1, -0.05) is 46.5 Å². The van der Waals surface area contributed by atoms with Crippen LogP contribution >= 0.6 is 0 Å². The molecule has 160 valence electrons. The lowest BCUT2D eigenvalue weighted by Gasteiger charge is -2.18. The number of esters is 2. The highest BCUT2D eigenvalue weighted by Crippen LogP contribution is 2.15. The van der Waals surface area contributed by atoms with E-state index in [1.807, 2.05) is 13.8 Å². The first-order chi connectivity index (χ1) is 13.0. The number of hydrogen-bond acceptors (Lipinski definition) is 5. The normalized spacial score (nSPS) is 12.2. The van der Waals surface area contributed by atoms with Crippen molar-refractivity contribution in [2.45, 2.75) is 104 Å². The maximum Gasteiger partial charge on any atom is 0.306 e. The molecule has 0 aliphatic rings. The number of methoxy groups -OCH3 is 1. The Morgan fingerprint density at radius 3 is 2.07 bits per heavy atom. The second kappa shape index (κ2) is 18.3. The van der Waals surface area contributed by atoms with E-state index in [0.29, 0.717) is 32.0 Å². The minimum atomic E-state index is -0.142. The Hall–Kier alpha value is -1.10. The molecular formula is C22H42O5. The van der Waals surface area contributed by atoms with E-state index < -0.39 is 0 Å². The van der Waals surface area contributed by atoms with Gasteiger partial charge >= 0.3 is 11.9 Å². The minimum Gasteiger partial charge on any atom is -0.465 e. The van der Waals surface area contributed by atoms with Crippen LogP contribution in [-0.2, 0) is 23.8 Å². The molecule has 5 heteroatoms. The summed E-state index contributed by atoms with van der Waals surface area (Å²) in [7, 11) is 1.70. The lowest BCUT2D eigenvalue weighted by atomic mass is 10.1. The number of rotatable bonds is 18. The summed E-state index contributed by atoms with van der Waals surface area (Å²) in [5.74, 6) is 0.106. The summed E-state index contributed by atoms with van der Waals surface area (Å²) < 4.78 is 15.9. The fourth-order valence-corrected chi connectivity index (χ4v) is 2.81. The number of unbranched alkanes of at least 4 members (excludes halogenated alkanes) is 5. The molecule has 0 saturated heterocycles. The molecule has 0 aliphatic carbocycles. The van der Waals surface area contributed by atoms with E-state index in [4.69, 9.17) is 14.2 Å². The molecule has 0 aromatic heterocycles. The van der Waals surface area contributed by atoms with Crippen molar-refractivity contribution in [3.63, 3.8) is 0 Å². The van der Waals surface area contributed by atoms with E-state index >= 15 is 0 Å². The maximum atomic E-state index is 12.1. The van der Waals surface area contributed by atoms with E-state index in [2.05, 4.69) is 6.92 Å². The van der Waals surface area contributed by atoms with Crippen molar-refractivity contribution in [3.8, 4) is 0 Å². The first-order valence-corrected chi connectivity index (χ1v) is 10.8. The van der Waals surface area contributed by atoms with Gasteiger partial charge in [-0.05, 0) is 44.4 Å². The lowest BCUT2D eigenvalue weighted by Crippen LogP contribution is -2.19. The predicted octanol–water partition coefficient (Wildman–Crippen LogP) is 5.44. The van der Waals surface area contributed by atoms with E-state index in [1.165, 1.54) is 19.3 Å². The van der Waals surface area contributed by atoms with Crippen molar-refractivity contribution in [2.75, 3.05) is 20.3 Å². The monoisotopic (exact) mass is 386 g/mol. The Balaban J connectivity index is 3.90. The van der Waals surface area contributed by atoms with Crippen LogP contribution in [-0.4, -0.2) is 38.4 Å². The van der Waals surface area contributed by atoms with Gasteiger partial charge in [0, 0.05) is 26.6 Å². The Morgan fingerprint density at radius 2 is 1.44 bits per heavy atom. The molecule has 0 saturated carbocycles. The number of ether oxygens (including phenoxy) is 3. The van der Waals surface area contributed by atoms with E-state index in [-0.39, 0.29) is 18.0 Å². The highest BCUT2D eigenvalue weighted by molar-refractivity contribution is 5.70. The Morgan fingerprint density at radius 1 is 0.815 bits per heavy atom. The van der Waals surface area contributed by atoms with Crippen LogP contribution in [0.4, 0.5) is 0 Å². The summed E-state index contributed by atoms with van der Waals surface area (Å²) in [4.78, 5) is 23.6. The highest BCUT2D eigenvalue weighted by Gasteiger charge is 2.14. The largest absolute Gasteiger partial charge is 0.465 e. The van der Waals surface area contributed by atoms with Gasteiger partial charge in [0.1, 0.15) is 6.10 Å². The Bertz CT molecular complexity index is 368. The number of hydrogen-bond donors (Lipinski definition) is 0. The molecule has 5 nitrogen and oxygen atoms in total. The standard InChI is InChI=1S/C22H42O5/c1-5-6-7-9-13-20(14-12-17-25-4)27-22(24)16-11-8-10-15-21(23)26-18-19(2)3/h19-20H,5-18H2,1-4H3. The summed E-state index contributed by atoms with van der Waals surface area (Å²) in [6, 6.07) is 0. The van der Waals surface area contributed by atoms with Crippen molar-refractivity contribution in [1.29, 1.82) is 0 Å². The van der Waals surface area contributed by atoms with Crippen molar-refractivity contribution in [3.05, 3.63) is 0 Å². The molecule has 0 bridgehead atoms. The summed E-state index contributed by atoms with van der Waals surface area (Å²) in [5.41, 5.74) is 0. The molecule has 1 unspecified atom stereocenters. The lowest BCUT2D eigenvalue weighted by molar-refractivity contribution is -0.150. The maximum absolute atomic E-state index is 12.1. The fraction of sp³-hybridized carbons (Fsp3) is 0.909. The van der Waals surface area contributed by atoms with Gasteiger partial charge in [0.2, 0.25) is 0 Å². The van der Waals surface area contributed by atoms with E-state index in [9.17, 15) is 9.59 Å². The quantitative estimate of drug-likeness (QED) is 0.232. The van der Waals surface area contributed by atoms with Crippen LogP contribution in [0.2, 0.25) is 0 Å². The molecule has 0 radical (unpaired) electrons. The Kier molecular flexibility index (Phi) is 17.5. The van der Waals surface area contributed by atoms with Crippen LogP contribution in [0, 0.1) is 5.92 Å². The molecule has 0 rings (SSSR count). The summed E-state index contributed by atoms with van der Waals surface area (Å²) in [6.45, 7) is 7.42. The fourth-order valence-electron chi connectivity index (χ4n) is 2.81. The van der Waals surface area contributed by atoms with Crippen LogP contribution in [0.15, 0.2) is 0 Å². The van der Waals surface area contributed by atoms with Crippen molar-refractivity contribution in [2.24, 2.45) is 5.92 Å². The molecule has 0 fully saturated rings. The molecule has 0 aliphatic heterocycles. The zero-order valence-corrected chi connectivity index (χ0v) is 18.1. The second-order valence-corrected chi connectivity index (χ2v) is 7.73. The Labute approximate surface area is 166 Å². The summed E-state index contributed by atoms with van der Waals surface area (Å²) >= 11 is 0. The van der Waals surface area contributed by atoms with Gasteiger partial charge in [-0.3, -0.25) is 9.59 Å². The van der Waals surface area contributed by atoms with Crippen LogP contribution in [0.3, 0.4) is 0 Å². The summed E-state index contributed by atoms with van der Waals surface area (Å²) in [6.07, 6.45) is 10.7. The molecule has 27 heavy (non-hydrogen) atoms. The van der Waals surface area contributed by atoms with E-state index in [0.717, 1.165) is 44.9 Å². The van der Waals surface area contributed by atoms with Gasteiger partial charge in [0.25, 0.3) is 0 Å². The third-order valence-electron chi connectivity index (χ3n) is 4.39. The molecule has 0 spiro atoms. The van der Waals surface area contributed by atoms with Gasteiger partial charge in [0.15, 0.2) is 0 Å². The first kappa shape index (κ1) is 25.9. The van der Waals surface area contributed by atoms with Gasteiger partial charge in [0.05, 0.1) is 6.61 Å². The molecule has 0 heterocycles. The zero-order valence-electron chi connectivity index (χ0n) is 18.1. The molecule has 0 N–H and O–H groups in total. The topological polar surface area (TPSA) is 61.8 Å². The van der Waals surface area contributed by atoms with Crippen LogP contribution in [0.25, 0.3) is 0 Å². The smallest absolute Gasteiger partial charge is 0.306 e. The number of carbonyl (C=O) groups excluding carboxylic acids is 2. The highest BCUT2D eigenvalue weighted by atomic mass is 16.5. The van der Waals surface area contributed by atoms with Gasteiger partial charge in [-0.15, -0.1) is 0 Å². The molecule has 0 aromatic carbocycles. The minimum absolute atomic E-state index is 0.00974. The SMILES string of the molecule is CCCCCCC(CCCOC)OC(=O)CCCCCC(=O)OCC(C)C. The first-order valence-electron chi connectivity index (χ1n) is 10.8. The molecule has 0 aromatic rings. The van der Waals surface area contributed by atoms with Crippen LogP contribution in [0.5, 0.6) is 0 Å². The van der Waals surface area contributed by atoms with Crippen molar-refractivity contribution < 1.29 is 23.8 Å². The summed E-state index contributed by atoms with van der Waals surface area (Å²) in [5, 5.41) is 0. The molecule has 0 amide bonds. The van der Waals surface area contributed by atoms with Crippen molar-refractivity contribution >= 4 is 11.9 Å². The van der Waals surface area contributed by atoms with Crippen molar-refractivity contribution in [1.82, 2.24) is 0 Å². The second-order valence-electron chi connectivity index (χ2n) is 7.73. The van der Waals surface area contributed by atoms with E-state index in [1.54, 1.807) is 7.11 Å². The third kappa shape index (κ3) is 18.0. The third-order valence-corrected chi connectivity index (χ3v) is 4.39. The molecule has 1 atom stereocenters. The van der Waals surface area contributed by atoms with Gasteiger partial charge < -0.3 is 14.2 Å². The van der Waals surface area contributed by atoms with Gasteiger partial charge in [-0.2, -0.15) is 0 Å². The number of carbonyl (C=O) groups is 2.